The highest BCUT2D eigenvalue weighted by Gasteiger charge is 2.12. The van der Waals surface area contributed by atoms with E-state index in [0.717, 1.165) is 5.56 Å². The standard InChI is InChI=1S/C16H12ClN5O3S/c1-25-12-4-2-3-11(8-12)15-19-20-16(26)21(15)18-9-10-5-6-13(17)14(7-10)22(23)24/h2-9H,1H3,(H,20,26). The zero-order valence-corrected chi connectivity index (χ0v) is 15.0. The van der Waals surface area contributed by atoms with Gasteiger partial charge in [0.1, 0.15) is 10.8 Å². The van der Waals surface area contributed by atoms with Crippen LogP contribution in [0.3, 0.4) is 0 Å². The molecule has 132 valence electrons. The quantitative estimate of drug-likeness (QED) is 0.307. The summed E-state index contributed by atoms with van der Waals surface area (Å²) >= 11 is 11.0. The Balaban J connectivity index is 2.00. The maximum absolute atomic E-state index is 11.0. The summed E-state index contributed by atoms with van der Waals surface area (Å²) in [5.74, 6) is 1.15. The molecule has 26 heavy (non-hydrogen) atoms. The fourth-order valence-corrected chi connectivity index (χ4v) is 2.59. The molecule has 0 aliphatic carbocycles. The monoisotopic (exact) mass is 389 g/mol. The van der Waals surface area contributed by atoms with Gasteiger partial charge >= 0.3 is 0 Å². The number of ether oxygens (including phenoxy) is 1. The molecular weight excluding hydrogens is 378 g/mol. The van der Waals surface area contributed by atoms with Crippen LogP contribution in [-0.4, -0.2) is 33.1 Å². The number of nitrogens with zero attached hydrogens (tertiary/aromatic N) is 4. The molecule has 0 saturated heterocycles. The molecule has 0 bridgehead atoms. The molecule has 0 fully saturated rings. The van der Waals surface area contributed by atoms with Crippen LogP contribution in [-0.2, 0) is 0 Å². The van der Waals surface area contributed by atoms with Crippen molar-refractivity contribution < 1.29 is 9.66 Å². The van der Waals surface area contributed by atoms with Gasteiger partial charge in [0.25, 0.3) is 5.69 Å². The fourth-order valence-electron chi connectivity index (χ4n) is 2.22. The molecule has 0 unspecified atom stereocenters. The molecule has 0 aliphatic rings. The summed E-state index contributed by atoms with van der Waals surface area (Å²) in [6, 6.07) is 11.7. The van der Waals surface area contributed by atoms with Gasteiger partial charge in [0.05, 0.1) is 18.2 Å². The van der Waals surface area contributed by atoms with Crippen LogP contribution in [0.1, 0.15) is 5.56 Å². The van der Waals surface area contributed by atoms with Crippen LogP contribution in [0.25, 0.3) is 11.4 Å². The van der Waals surface area contributed by atoms with E-state index in [1.165, 1.54) is 23.0 Å². The normalized spacial score (nSPS) is 11.0. The molecule has 0 atom stereocenters. The van der Waals surface area contributed by atoms with Gasteiger partial charge in [-0.25, -0.2) is 5.10 Å². The number of nitrogens with one attached hydrogen (secondary N) is 1. The third-order valence-corrected chi connectivity index (χ3v) is 4.05. The summed E-state index contributed by atoms with van der Waals surface area (Å²) in [5, 5.41) is 22.2. The zero-order chi connectivity index (χ0) is 18.7. The number of nitro benzene ring substituents is 1. The van der Waals surface area contributed by atoms with Gasteiger partial charge in [0, 0.05) is 17.2 Å². The van der Waals surface area contributed by atoms with Crippen molar-refractivity contribution in [2.24, 2.45) is 5.10 Å². The average molecular weight is 390 g/mol. The number of benzene rings is 2. The van der Waals surface area contributed by atoms with Crippen molar-refractivity contribution in [3.63, 3.8) is 0 Å². The third kappa shape index (κ3) is 3.63. The van der Waals surface area contributed by atoms with E-state index in [1.807, 2.05) is 18.2 Å². The predicted octanol–water partition coefficient (Wildman–Crippen LogP) is 4.06. The first kappa shape index (κ1) is 17.8. The number of aromatic nitrogens is 3. The Hall–Kier alpha value is -3.04. The van der Waals surface area contributed by atoms with Crippen molar-refractivity contribution in [2.75, 3.05) is 7.11 Å². The lowest BCUT2D eigenvalue weighted by atomic mass is 10.2. The first-order chi connectivity index (χ1) is 12.5. The van der Waals surface area contributed by atoms with E-state index in [9.17, 15) is 10.1 Å². The van der Waals surface area contributed by atoms with Gasteiger partial charge in [-0.05, 0) is 30.4 Å². The summed E-state index contributed by atoms with van der Waals surface area (Å²) in [6.45, 7) is 0. The topological polar surface area (TPSA) is 98.3 Å². The molecule has 1 N–H and O–H groups in total. The van der Waals surface area contributed by atoms with Crippen LogP contribution in [0.15, 0.2) is 47.6 Å². The number of hydrogen-bond donors (Lipinski definition) is 1. The number of rotatable bonds is 5. The molecular formula is C16H12ClN5O3S. The number of hydrogen-bond acceptors (Lipinski definition) is 6. The second-order valence-electron chi connectivity index (χ2n) is 5.11. The molecule has 1 heterocycles. The summed E-state index contributed by atoms with van der Waals surface area (Å²) in [6.07, 6.45) is 1.44. The Morgan fingerprint density at radius 2 is 2.19 bits per heavy atom. The Kier molecular flexibility index (Phi) is 5.10. The van der Waals surface area contributed by atoms with E-state index in [1.54, 1.807) is 19.2 Å². The summed E-state index contributed by atoms with van der Waals surface area (Å²) in [7, 11) is 1.57. The molecule has 0 saturated carbocycles. The Morgan fingerprint density at radius 3 is 2.92 bits per heavy atom. The van der Waals surface area contributed by atoms with Crippen LogP contribution in [0.2, 0.25) is 5.02 Å². The Bertz CT molecular complexity index is 1060. The highest BCUT2D eigenvalue weighted by atomic mass is 35.5. The first-order valence-corrected chi connectivity index (χ1v) is 8.08. The maximum atomic E-state index is 11.0. The van der Waals surface area contributed by atoms with Gasteiger partial charge in [0.15, 0.2) is 5.82 Å². The average Bonchev–Trinajstić information content (AvgIpc) is 3.01. The predicted molar refractivity (Wildman–Crippen MR) is 100 cm³/mol. The minimum atomic E-state index is -0.551. The second-order valence-corrected chi connectivity index (χ2v) is 5.90. The van der Waals surface area contributed by atoms with Crippen LogP contribution >= 0.6 is 23.8 Å². The van der Waals surface area contributed by atoms with E-state index in [2.05, 4.69) is 15.3 Å². The minimum absolute atomic E-state index is 0.0594. The Morgan fingerprint density at radius 1 is 1.38 bits per heavy atom. The third-order valence-electron chi connectivity index (χ3n) is 3.47. The summed E-state index contributed by atoms with van der Waals surface area (Å²) < 4.78 is 6.91. The van der Waals surface area contributed by atoms with E-state index >= 15 is 0 Å². The van der Waals surface area contributed by atoms with Gasteiger partial charge in [-0.1, -0.05) is 29.8 Å². The van der Waals surface area contributed by atoms with E-state index in [4.69, 9.17) is 28.6 Å². The van der Waals surface area contributed by atoms with Crippen molar-refractivity contribution in [1.82, 2.24) is 14.9 Å². The van der Waals surface area contributed by atoms with Crippen LogP contribution in [0, 0.1) is 14.9 Å². The van der Waals surface area contributed by atoms with Crippen molar-refractivity contribution in [1.29, 1.82) is 0 Å². The molecule has 8 nitrogen and oxygen atoms in total. The van der Waals surface area contributed by atoms with Crippen molar-refractivity contribution in [3.8, 4) is 17.1 Å². The molecule has 0 amide bonds. The maximum Gasteiger partial charge on any atom is 0.288 e. The molecule has 2 aromatic carbocycles. The lowest BCUT2D eigenvalue weighted by Gasteiger charge is -2.04. The lowest BCUT2D eigenvalue weighted by molar-refractivity contribution is -0.384. The van der Waals surface area contributed by atoms with Gasteiger partial charge in [0.2, 0.25) is 4.77 Å². The molecule has 0 spiro atoms. The fraction of sp³-hybridized carbons (Fsp3) is 0.0625. The van der Waals surface area contributed by atoms with Crippen LogP contribution in [0.5, 0.6) is 5.75 Å². The summed E-state index contributed by atoms with van der Waals surface area (Å²) in [5.41, 5.74) is 1.05. The number of halogens is 1. The van der Waals surface area contributed by atoms with E-state index in [-0.39, 0.29) is 15.5 Å². The molecule has 10 heteroatoms. The Labute approximate surface area is 157 Å². The zero-order valence-electron chi connectivity index (χ0n) is 13.4. The van der Waals surface area contributed by atoms with Crippen molar-refractivity contribution >= 4 is 35.7 Å². The lowest BCUT2D eigenvalue weighted by Crippen LogP contribution is -1.96. The van der Waals surface area contributed by atoms with E-state index in [0.29, 0.717) is 17.1 Å². The summed E-state index contributed by atoms with van der Waals surface area (Å²) in [4.78, 5) is 10.4. The van der Waals surface area contributed by atoms with E-state index < -0.39 is 4.92 Å². The van der Waals surface area contributed by atoms with Gasteiger partial charge in [-0.3, -0.25) is 10.1 Å². The molecule has 0 aliphatic heterocycles. The van der Waals surface area contributed by atoms with Crippen molar-refractivity contribution in [2.45, 2.75) is 0 Å². The van der Waals surface area contributed by atoms with Crippen LogP contribution < -0.4 is 4.74 Å². The molecule has 0 radical (unpaired) electrons. The SMILES string of the molecule is COc1cccc(-c2n[nH]c(=S)n2N=Cc2ccc(Cl)c([N+](=O)[O-])c2)c1. The first-order valence-electron chi connectivity index (χ1n) is 7.29. The van der Waals surface area contributed by atoms with Gasteiger partial charge in [-0.2, -0.15) is 14.9 Å². The smallest absolute Gasteiger partial charge is 0.288 e. The number of H-pyrrole nitrogens is 1. The van der Waals surface area contributed by atoms with Crippen LogP contribution in [0.4, 0.5) is 5.69 Å². The van der Waals surface area contributed by atoms with Crippen molar-refractivity contribution in [3.05, 3.63) is 67.9 Å². The molecule has 3 rings (SSSR count). The minimum Gasteiger partial charge on any atom is -0.497 e. The number of methoxy groups -OCH3 is 1. The largest absolute Gasteiger partial charge is 0.497 e. The van der Waals surface area contributed by atoms with Gasteiger partial charge in [-0.15, -0.1) is 0 Å². The molecule has 3 aromatic rings. The molecule has 1 aromatic heterocycles. The van der Waals surface area contributed by atoms with Gasteiger partial charge < -0.3 is 4.74 Å². The highest BCUT2D eigenvalue weighted by Crippen LogP contribution is 2.25. The highest BCUT2D eigenvalue weighted by molar-refractivity contribution is 7.71. The second kappa shape index (κ2) is 7.46. The number of nitro groups is 1. The number of aromatic amines is 1.